The highest BCUT2D eigenvalue weighted by Crippen LogP contribution is 2.42. The van der Waals surface area contributed by atoms with Gasteiger partial charge in [-0.05, 0) is 88.5 Å². The zero-order chi connectivity index (χ0) is 42.4. The number of carbonyl (C=O) groups is 4. The molecule has 0 aromatic rings. The highest BCUT2D eigenvalue weighted by Gasteiger charge is 2.41. The molecule has 0 spiro atoms. The second-order valence-corrected chi connectivity index (χ2v) is 16.5. The minimum atomic E-state index is -0.841. The van der Waals surface area contributed by atoms with Gasteiger partial charge >= 0.3 is 11.9 Å². The highest BCUT2D eigenvalue weighted by atomic mass is 16.6. The topological polar surface area (TPSA) is 127 Å². The Morgan fingerprint density at radius 3 is 1.23 bits per heavy atom. The summed E-state index contributed by atoms with van der Waals surface area (Å²) in [4.78, 5) is 50.2. The van der Waals surface area contributed by atoms with Crippen LogP contribution >= 0.6 is 0 Å². The minimum Gasteiger partial charge on any atom is -0.454 e. The number of rotatable bonds is 16. The van der Waals surface area contributed by atoms with Crippen molar-refractivity contribution in [2.45, 2.75) is 133 Å². The number of hydrogen-bond acceptors (Lipinski definition) is 8. The van der Waals surface area contributed by atoms with Crippen LogP contribution in [0.25, 0.3) is 0 Å². The lowest BCUT2D eigenvalue weighted by molar-refractivity contribution is -0.158. The Bertz CT molecular complexity index is 1690. The molecule has 0 radical (unpaired) electrons. The summed E-state index contributed by atoms with van der Waals surface area (Å²) in [5.41, 5.74) is 6.46. The van der Waals surface area contributed by atoms with Gasteiger partial charge in [-0.1, -0.05) is 135 Å². The van der Waals surface area contributed by atoms with Gasteiger partial charge in [0.05, 0.1) is 25.0 Å². The quantitative estimate of drug-likeness (QED) is 0.117. The van der Waals surface area contributed by atoms with E-state index in [4.69, 9.17) is 9.47 Å². The monoisotopic (exact) mass is 768 g/mol. The number of Topliss-reactive ketones (excluding diaryl/α,β-unsaturated/α-hetero) is 2. The summed E-state index contributed by atoms with van der Waals surface area (Å²) >= 11 is 0. The van der Waals surface area contributed by atoms with Crippen LogP contribution in [0.15, 0.2) is 130 Å². The second-order valence-electron chi connectivity index (χ2n) is 16.5. The Kier molecular flexibility index (Phi) is 18.3. The molecule has 8 heteroatoms. The average Bonchev–Trinajstić information content (AvgIpc) is 3.06. The molecule has 304 valence electrons. The first kappa shape index (κ1) is 47.5. The van der Waals surface area contributed by atoms with Crippen LogP contribution in [0.5, 0.6) is 0 Å². The second kappa shape index (κ2) is 21.6. The average molecular weight is 769 g/mol. The Labute approximate surface area is 335 Å². The van der Waals surface area contributed by atoms with Gasteiger partial charge in [0, 0.05) is 12.8 Å². The Hall–Kier alpha value is -4.66. The van der Waals surface area contributed by atoms with Crippen LogP contribution in [0.3, 0.4) is 0 Å². The fraction of sp³-hybridized carbons (Fsp3) is 0.458. The maximum absolute atomic E-state index is 13.0. The number of aliphatic hydroxyl groups excluding tert-OH is 2. The summed E-state index contributed by atoms with van der Waals surface area (Å²) in [5, 5.41) is 18.9. The van der Waals surface area contributed by atoms with Gasteiger partial charge in [-0.15, -0.1) is 0 Å². The van der Waals surface area contributed by atoms with E-state index in [9.17, 15) is 29.4 Å². The van der Waals surface area contributed by atoms with Gasteiger partial charge in [0.15, 0.2) is 23.8 Å². The van der Waals surface area contributed by atoms with Crippen molar-refractivity contribution in [3.05, 3.63) is 130 Å². The van der Waals surface area contributed by atoms with Crippen molar-refractivity contribution in [1.29, 1.82) is 0 Å². The largest absolute Gasteiger partial charge is 0.454 e. The molecule has 2 aliphatic rings. The summed E-state index contributed by atoms with van der Waals surface area (Å²) in [6, 6.07) is 0. The highest BCUT2D eigenvalue weighted by molar-refractivity contribution is 6.02. The summed E-state index contributed by atoms with van der Waals surface area (Å²) in [6.07, 6.45) is 25.2. The molecule has 0 heterocycles. The molecule has 2 N–H and O–H groups in total. The normalized spacial score (nSPS) is 22.8. The predicted octanol–water partition coefficient (Wildman–Crippen LogP) is 9.55. The van der Waals surface area contributed by atoms with Gasteiger partial charge in [0.25, 0.3) is 0 Å². The van der Waals surface area contributed by atoms with E-state index in [-0.39, 0.29) is 35.2 Å². The smallest absolute Gasteiger partial charge is 0.309 e. The fourth-order valence-electron chi connectivity index (χ4n) is 6.65. The Balaban J connectivity index is 1.98. The number of ketones is 2. The van der Waals surface area contributed by atoms with Crippen LogP contribution < -0.4 is 0 Å². The van der Waals surface area contributed by atoms with Crippen LogP contribution in [0, 0.1) is 10.8 Å². The number of carbonyl (C=O) groups excluding carboxylic acids is 4. The molecule has 2 unspecified atom stereocenters. The molecule has 2 rings (SSSR count). The molecule has 0 aromatic carbocycles. The molecule has 0 fully saturated rings. The molecule has 0 amide bonds. The summed E-state index contributed by atoms with van der Waals surface area (Å²) in [7, 11) is 0. The molecule has 0 aromatic heterocycles. The van der Waals surface area contributed by atoms with Crippen molar-refractivity contribution in [2.75, 3.05) is 0 Å². The van der Waals surface area contributed by atoms with E-state index in [1.54, 1.807) is 13.8 Å². The number of allylic oxidation sites excluding steroid dienone is 20. The van der Waals surface area contributed by atoms with E-state index >= 15 is 0 Å². The summed E-state index contributed by atoms with van der Waals surface area (Å²) in [6.45, 7) is 22.8. The van der Waals surface area contributed by atoms with Crippen LogP contribution in [0.2, 0.25) is 0 Å². The van der Waals surface area contributed by atoms with Crippen molar-refractivity contribution in [1.82, 2.24) is 0 Å². The van der Waals surface area contributed by atoms with Gasteiger partial charge in [0.1, 0.15) is 0 Å². The van der Waals surface area contributed by atoms with E-state index in [1.807, 2.05) is 140 Å². The van der Waals surface area contributed by atoms with E-state index in [1.165, 1.54) is 13.8 Å². The maximum Gasteiger partial charge on any atom is 0.309 e. The third kappa shape index (κ3) is 15.5. The molecule has 0 bridgehead atoms. The lowest BCUT2D eigenvalue weighted by Crippen LogP contribution is -2.39. The predicted molar refractivity (Wildman–Crippen MR) is 225 cm³/mol. The zero-order valence-corrected chi connectivity index (χ0v) is 35.6. The van der Waals surface area contributed by atoms with E-state index in [0.717, 1.165) is 33.4 Å². The molecule has 0 saturated carbocycles. The Morgan fingerprint density at radius 1 is 0.607 bits per heavy atom. The molecule has 0 aliphatic heterocycles. The first-order chi connectivity index (χ1) is 26.0. The van der Waals surface area contributed by atoms with Gasteiger partial charge in [0.2, 0.25) is 0 Å². The SMILES string of the molecule is CC1=C(/C=C/C(C)=C/C=C/C(C)=C/C=C/C=C(C)/C=C/C=C(C)/C=C/C2=C(C)C(=O)[C@@H](OC(=O)CC(C)O)CC2(C)C)C(C)(C)C[C@H](OC(=O)CC(C)O)C1=O. The van der Waals surface area contributed by atoms with Crippen molar-refractivity contribution in [3.63, 3.8) is 0 Å². The Morgan fingerprint density at radius 2 is 0.911 bits per heavy atom. The van der Waals surface area contributed by atoms with E-state index in [0.29, 0.717) is 24.0 Å². The lowest BCUT2D eigenvalue weighted by atomic mass is 9.71. The number of hydrogen-bond donors (Lipinski definition) is 2. The van der Waals surface area contributed by atoms with Crippen LogP contribution in [0.1, 0.15) is 109 Å². The standard InChI is InChI=1S/C48H64O8/c1-31(19-15-21-33(3)23-25-39-37(7)45(53)41(29-47(39,9)10)55-43(51)27-35(5)49)17-13-14-18-32(2)20-16-22-34(4)24-26-40-38(8)46(54)42(30-48(40,11)12)56-44(52)28-36(6)50/h13-26,35-36,41-42,49-50H,27-30H2,1-12H3/b14-13+,19-15+,20-16+,25-23+,26-24+,31-17+,32-18+,33-21+,34-22+/t35?,36?,41-,42-/m0/s1. The van der Waals surface area contributed by atoms with Gasteiger partial charge in [-0.2, -0.15) is 0 Å². The fourth-order valence-corrected chi connectivity index (χ4v) is 6.65. The van der Waals surface area contributed by atoms with Gasteiger partial charge in [-0.25, -0.2) is 0 Å². The lowest BCUT2D eigenvalue weighted by Gasteiger charge is -2.36. The molecule has 56 heavy (non-hydrogen) atoms. The van der Waals surface area contributed by atoms with Crippen molar-refractivity contribution in [3.8, 4) is 0 Å². The maximum atomic E-state index is 13.0. The van der Waals surface area contributed by atoms with Crippen LogP contribution in [-0.4, -0.2) is 58.1 Å². The first-order valence-corrected chi connectivity index (χ1v) is 19.4. The van der Waals surface area contributed by atoms with Crippen molar-refractivity contribution in [2.24, 2.45) is 10.8 Å². The zero-order valence-electron chi connectivity index (χ0n) is 35.6. The third-order valence-corrected chi connectivity index (χ3v) is 9.74. The van der Waals surface area contributed by atoms with E-state index in [2.05, 4.69) is 0 Å². The summed E-state index contributed by atoms with van der Waals surface area (Å²) < 4.78 is 10.8. The van der Waals surface area contributed by atoms with Gasteiger partial charge < -0.3 is 19.7 Å². The summed E-state index contributed by atoms with van der Waals surface area (Å²) in [5.74, 6) is -1.53. The number of aliphatic hydroxyl groups is 2. The molecule has 8 nitrogen and oxygen atoms in total. The van der Waals surface area contributed by atoms with Crippen LogP contribution in [0.4, 0.5) is 0 Å². The molecule has 4 atom stereocenters. The van der Waals surface area contributed by atoms with Crippen LogP contribution in [-0.2, 0) is 28.7 Å². The van der Waals surface area contributed by atoms with E-state index < -0.39 is 36.4 Å². The molecule has 0 saturated heterocycles. The van der Waals surface area contributed by atoms with Crippen molar-refractivity contribution < 1.29 is 38.9 Å². The molecule has 2 aliphatic carbocycles. The molecular weight excluding hydrogens is 705 g/mol. The van der Waals surface area contributed by atoms with Crippen molar-refractivity contribution >= 4 is 23.5 Å². The van der Waals surface area contributed by atoms with Gasteiger partial charge in [-0.3, -0.25) is 19.2 Å². The number of esters is 2. The third-order valence-electron chi connectivity index (χ3n) is 9.74. The number of ether oxygens (including phenoxy) is 2. The molecular formula is C48H64O8. The minimum absolute atomic E-state index is 0.139. The first-order valence-electron chi connectivity index (χ1n) is 19.4.